The molecule has 7 atom stereocenters. The predicted octanol–water partition coefficient (Wildman–Crippen LogP) is 4.64. The van der Waals surface area contributed by atoms with Gasteiger partial charge in [-0.05, 0) is 54.7 Å². The zero-order valence-corrected chi connectivity index (χ0v) is 23.4. The molecule has 3 amide bonds. The van der Waals surface area contributed by atoms with Crippen LogP contribution in [0.4, 0.5) is 5.69 Å². The Kier molecular flexibility index (Phi) is 7.42. The topological polar surface area (TPSA) is 87.7 Å². The number of hydrogen-bond acceptors (Lipinski definition) is 4. The highest BCUT2D eigenvalue weighted by Crippen LogP contribution is 2.55. The van der Waals surface area contributed by atoms with Crippen molar-refractivity contribution in [3.63, 3.8) is 0 Å². The molecule has 2 bridgehead atoms. The van der Waals surface area contributed by atoms with Crippen LogP contribution in [0.5, 0.6) is 0 Å². The fourth-order valence-corrected chi connectivity index (χ4v) is 6.87. The van der Waals surface area contributed by atoms with Crippen LogP contribution in [-0.2, 0) is 19.1 Å². The van der Waals surface area contributed by atoms with E-state index in [0.717, 1.165) is 25.7 Å². The lowest BCUT2D eigenvalue weighted by molar-refractivity contribution is -0.141. The van der Waals surface area contributed by atoms with Gasteiger partial charge in [-0.15, -0.1) is 0 Å². The highest BCUT2D eigenvalue weighted by molar-refractivity contribution is 6.02. The van der Waals surface area contributed by atoms with Gasteiger partial charge in [-0.3, -0.25) is 14.4 Å². The third-order valence-corrected chi connectivity index (χ3v) is 9.16. The summed E-state index contributed by atoms with van der Waals surface area (Å²) < 4.78 is 6.47. The molecule has 38 heavy (non-hydrogen) atoms. The van der Waals surface area contributed by atoms with Crippen molar-refractivity contribution >= 4 is 23.4 Å². The number of anilines is 1. The van der Waals surface area contributed by atoms with E-state index in [-0.39, 0.29) is 23.8 Å². The fraction of sp³-hybridized carbons (Fsp3) is 0.645. The monoisotopic (exact) mass is 521 g/mol. The van der Waals surface area contributed by atoms with E-state index >= 15 is 0 Å². The first-order chi connectivity index (χ1) is 18.1. The summed E-state index contributed by atoms with van der Waals surface area (Å²) in [6.45, 7) is 11.1. The van der Waals surface area contributed by atoms with Gasteiger partial charge in [0.25, 0.3) is 0 Å². The molecule has 7 heteroatoms. The Morgan fingerprint density at radius 1 is 1.08 bits per heavy atom. The molecular weight excluding hydrogens is 478 g/mol. The van der Waals surface area contributed by atoms with Crippen molar-refractivity contribution < 1.29 is 19.1 Å². The molecule has 2 N–H and O–H groups in total. The Morgan fingerprint density at radius 2 is 1.79 bits per heavy atom. The molecule has 1 saturated carbocycles. The van der Waals surface area contributed by atoms with Crippen molar-refractivity contribution in [3.8, 4) is 0 Å². The first-order valence-corrected chi connectivity index (χ1v) is 14.5. The van der Waals surface area contributed by atoms with Gasteiger partial charge in [0.2, 0.25) is 17.7 Å². The van der Waals surface area contributed by atoms with Gasteiger partial charge in [0.1, 0.15) is 11.6 Å². The molecule has 1 aliphatic carbocycles. The van der Waals surface area contributed by atoms with Gasteiger partial charge in [-0.1, -0.05) is 71.7 Å². The molecule has 3 aliphatic heterocycles. The van der Waals surface area contributed by atoms with Gasteiger partial charge in [-0.2, -0.15) is 0 Å². The Hall–Kier alpha value is -2.67. The van der Waals surface area contributed by atoms with E-state index in [1.54, 1.807) is 4.90 Å². The number of fused-ring (bicyclic) bond motifs is 1. The average molecular weight is 522 g/mol. The molecule has 7 nitrogen and oxygen atoms in total. The summed E-state index contributed by atoms with van der Waals surface area (Å²) in [6, 6.07) is 7.17. The Bertz CT molecular complexity index is 1100. The number of hydrogen-bond donors (Lipinski definition) is 2. The number of carbonyl (C=O) groups excluding carboxylic acids is 3. The predicted molar refractivity (Wildman–Crippen MR) is 147 cm³/mol. The lowest BCUT2D eigenvalue weighted by Crippen LogP contribution is -2.57. The van der Waals surface area contributed by atoms with Gasteiger partial charge in [0.05, 0.1) is 17.9 Å². The summed E-state index contributed by atoms with van der Waals surface area (Å²) in [5, 5.41) is 6.31. The molecule has 206 valence electrons. The number of rotatable bonds is 8. The van der Waals surface area contributed by atoms with Crippen molar-refractivity contribution in [2.24, 2.45) is 23.7 Å². The van der Waals surface area contributed by atoms with Gasteiger partial charge < -0.3 is 20.3 Å². The third-order valence-electron chi connectivity index (χ3n) is 9.16. The zero-order valence-electron chi connectivity index (χ0n) is 23.4. The lowest BCUT2D eigenvalue weighted by Gasteiger charge is -2.36. The highest BCUT2D eigenvalue weighted by Gasteiger charge is 2.72. The minimum atomic E-state index is -1.11. The maximum Gasteiger partial charge on any atom is 0.246 e. The highest BCUT2D eigenvalue weighted by atomic mass is 16.5. The van der Waals surface area contributed by atoms with Crippen LogP contribution in [0.3, 0.4) is 0 Å². The van der Waals surface area contributed by atoms with Crippen molar-refractivity contribution in [3.05, 3.63) is 42.0 Å². The smallest absolute Gasteiger partial charge is 0.246 e. The number of nitrogens with one attached hydrogen (secondary N) is 2. The minimum Gasteiger partial charge on any atom is -0.359 e. The van der Waals surface area contributed by atoms with Crippen LogP contribution in [-0.4, -0.2) is 53.0 Å². The Morgan fingerprint density at radius 3 is 2.45 bits per heavy atom. The van der Waals surface area contributed by atoms with Gasteiger partial charge >= 0.3 is 0 Å². The van der Waals surface area contributed by atoms with E-state index in [4.69, 9.17) is 4.74 Å². The van der Waals surface area contributed by atoms with Crippen LogP contribution >= 0.6 is 0 Å². The molecule has 1 spiro atoms. The number of nitrogens with zero attached hydrogens (tertiary/aromatic N) is 1. The first-order valence-electron chi connectivity index (χ1n) is 14.5. The molecule has 1 aromatic carbocycles. The number of ether oxygens (including phenoxy) is 1. The summed E-state index contributed by atoms with van der Waals surface area (Å²) in [4.78, 5) is 43.2. The second kappa shape index (κ2) is 10.5. The normalized spacial score (nSPS) is 33.8. The fourth-order valence-electron chi connectivity index (χ4n) is 6.87. The molecule has 0 unspecified atom stereocenters. The SMILES string of the molecule is CC(C)CCN1C(=O)[C@@H]2[C@H](C(=O)Nc3ccc(C(C)C)cc3)[C@@H]3C=C[C@@]2(O3)[C@@H]1C(=O)N[C@@H]1CCCC[C@@H]1C. The molecule has 3 fully saturated rings. The summed E-state index contributed by atoms with van der Waals surface area (Å²) >= 11 is 0. The molecule has 0 aromatic heterocycles. The number of carbonyl (C=O) groups is 3. The van der Waals surface area contributed by atoms with Crippen LogP contribution < -0.4 is 10.6 Å². The molecule has 3 heterocycles. The lowest BCUT2D eigenvalue weighted by atomic mass is 9.74. The summed E-state index contributed by atoms with van der Waals surface area (Å²) in [7, 11) is 0. The molecular formula is C31H43N3O4. The zero-order chi connectivity index (χ0) is 27.2. The van der Waals surface area contributed by atoms with Crippen molar-refractivity contribution in [2.45, 2.75) is 96.4 Å². The van der Waals surface area contributed by atoms with Crippen LogP contribution in [0, 0.1) is 23.7 Å². The maximum absolute atomic E-state index is 14.0. The second-order valence-electron chi connectivity index (χ2n) is 12.6. The Labute approximate surface area is 226 Å². The summed E-state index contributed by atoms with van der Waals surface area (Å²) in [5.41, 5.74) is 0.786. The first kappa shape index (κ1) is 26.9. The Balaban J connectivity index is 1.41. The minimum absolute atomic E-state index is 0.101. The molecule has 5 rings (SSSR count). The molecule has 1 aromatic rings. The third kappa shape index (κ3) is 4.67. The molecule has 4 aliphatic rings. The van der Waals surface area contributed by atoms with Crippen molar-refractivity contribution in [1.29, 1.82) is 0 Å². The maximum atomic E-state index is 14.0. The number of amides is 3. The standard InChI is InChI=1S/C31H43N3O4/c1-18(2)15-17-34-27(29(36)33-23-9-7-6-8-20(23)5)31-16-14-24(38-31)25(26(31)30(34)37)28(35)32-22-12-10-21(11-13-22)19(3)4/h10-14,16,18-20,23-27H,6-9,15,17H2,1-5H3,(H,32,35)(H,33,36)/t20-,23+,24-,25+,26-,27-,31-/m0/s1. The van der Waals surface area contributed by atoms with E-state index < -0.39 is 29.6 Å². The quantitative estimate of drug-likeness (QED) is 0.488. The largest absolute Gasteiger partial charge is 0.359 e. The summed E-state index contributed by atoms with van der Waals surface area (Å²) in [6.07, 6.45) is 8.37. The molecule has 2 saturated heterocycles. The van der Waals surface area contributed by atoms with Gasteiger partial charge in [0, 0.05) is 18.3 Å². The van der Waals surface area contributed by atoms with Gasteiger partial charge in [-0.25, -0.2) is 0 Å². The van der Waals surface area contributed by atoms with Crippen LogP contribution in [0.25, 0.3) is 0 Å². The average Bonchev–Trinajstić information content (AvgIpc) is 3.51. The van der Waals surface area contributed by atoms with E-state index in [2.05, 4.69) is 45.3 Å². The van der Waals surface area contributed by atoms with Gasteiger partial charge in [0.15, 0.2) is 0 Å². The van der Waals surface area contributed by atoms with Crippen LogP contribution in [0.15, 0.2) is 36.4 Å². The molecule has 0 radical (unpaired) electrons. The van der Waals surface area contributed by atoms with E-state index in [1.807, 2.05) is 36.4 Å². The van der Waals surface area contributed by atoms with E-state index in [1.165, 1.54) is 12.0 Å². The van der Waals surface area contributed by atoms with Crippen LogP contribution in [0.2, 0.25) is 0 Å². The van der Waals surface area contributed by atoms with E-state index in [9.17, 15) is 14.4 Å². The van der Waals surface area contributed by atoms with E-state index in [0.29, 0.717) is 30.0 Å². The van der Waals surface area contributed by atoms with Crippen molar-refractivity contribution in [1.82, 2.24) is 10.2 Å². The van der Waals surface area contributed by atoms with Crippen LogP contribution in [0.1, 0.15) is 78.2 Å². The number of benzene rings is 1. The number of likely N-dealkylation sites (tertiary alicyclic amines) is 1. The second-order valence-corrected chi connectivity index (χ2v) is 12.6. The summed E-state index contributed by atoms with van der Waals surface area (Å²) in [5.74, 6) is -0.741. The van der Waals surface area contributed by atoms with Crippen molar-refractivity contribution in [2.75, 3.05) is 11.9 Å².